The number of nitrogens with two attached hydrogens (primary N) is 1. The number of rotatable bonds is 5. The molecule has 1 saturated carbocycles. The Morgan fingerprint density at radius 1 is 1.32 bits per heavy atom. The molecule has 3 nitrogen and oxygen atoms in total. The molecule has 0 heterocycles. The van der Waals surface area contributed by atoms with Crippen LogP contribution in [0.25, 0.3) is 0 Å². The van der Waals surface area contributed by atoms with Crippen molar-refractivity contribution in [1.29, 1.82) is 0 Å². The number of anilines is 1. The fourth-order valence-corrected chi connectivity index (χ4v) is 2.46. The number of amides is 1. The molecule has 0 unspecified atom stereocenters. The minimum atomic E-state index is -0.272. The van der Waals surface area contributed by atoms with Gasteiger partial charge in [-0.15, -0.1) is 0 Å². The van der Waals surface area contributed by atoms with Gasteiger partial charge in [0.15, 0.2) is 0 Å². The van der Waals surface area contributed by atoms with E-state index in [1.165, 1.54) is 5.56 Å². The number of nitrogens with zero attached hydrogens (tertiary/aromatic N) is 1. The van der Waals surface area contributed by atoms with Crippen molar-refractivity contribution in [2.24, 2.45) is 17.1 Å². The number of hydrogen-bond acceptors (Lipinski definition) is 2. The Bertz CT molecular complexity index is 446. The third kappa shape index (κ3) is 2.98. The van der Waals surface area contributed by atoms with Gasteiger partial charge in [0, 0.05) is 19.3 Å². The van der Waals surface area contributed by atoms with E-state index in [0.29, 0.717) is 12.5 Å². The lowest BCUT2D eigenvalue weighted by molar-refractivity contribution is -0.123. The summed E-state index contributed by atoms with van der Waals surface area (Å²) in [5, 5.41) is 0. The molecule has 19 heavy (non-hydrogen) atoms. The van der Waals surface area contributed by atoms with Crippen LogP contribution in [0.1, 0.15) is 32.3 Å². The first-order valence-electron chi connectivity index (χ1n) is 7.06. The average molecular weight is 260 g/mol. The number of carbonyl (C=O) groups excluding carboxylic acids is 1. The van der Waals surface area contributed by atoms with E-state index in [2.05, 4.69) is 26.0 Å². The Balaban J connectivity index is 2.07. The van der Waals surface area contributed by atoms with E-state index in [-0.39, 0.29) is 11.3 Å². The lowest BCUT2D eigenvalue weighted by Crippen LogP contribution is -2.38. The molecule has 0 spiro atoms. The van der Waals surface area contributed by atoms with Gasteiger partial charge in [0.25, 0.3) is 0 Å². The molecule has 1 aromatic rings. The Labute approximate surface area is 115 Å². The molecule has 1 aromatic carbocycles. The van der Waals surface area contributed by atoms with Gasteiger partial charge in [-0.25, -0.2) is 0 Å². The molecule has 1 fully saturated rings. The first-order valence-corrected chi connectivity index (χ1v) is 7.06. The van der Waals surface area contributed by atoms with Crippen molar-refractivity contribution in [3.05, 3.63) is 29.8 Å². The quantitative estimate of drug-likeness (QED) is 0.884. The molecule has 0 radical (unpaired) electrons. The molecule has 0 aliphatic heterocycles. The van der Waals surface area contributed by atoms with E-state index in [1.807, 2.05) is 19.2 Å². The van der Waals surface area contributed by atoms with Crippen LogP contribution in [-0.4, -0.2) is 19.5 Å². The summed E-state index contributed by atoms with van der Waals surface area (Å²) in [6.45, 7) is 4.88. The van der Waals surface area contributed by atoms with Crippen LogP contribution in [0.2, 0.25) is 0 Å². The summed E-state index contributed by atoms with van der Waals surface area (Å²) in [5.41, 5.74) is 7.72. The number of carbonyl (C=O) groups is 1. The summed E-state index contributed by atoms with van der Waals surface area (Å²) in [4.78, 5) is 14.1. The molecule has 0 bridgehead atoms. The molecule has 1 aliphatic carbocycles. The molecular weight excluding hydrogens is 236 g/mol. The summed E-state index contributed by atoms with van der Waals surface area (Å²) in [7, 11) is 1.84. The van der Waals surface area contributed by atoms with Crippen molar-refractivity contribution in [1.82, 2.24) is 0 Å². The third-order valence-electron chi connectivity index (χ3n) is 3.97. The van der Waals surface area contributed by atoms with Crippen molar-refractivity contribution in [3.63, 3.8) is 0 Å². The largest absolute Gasteiger partial charge is 0.329 e. The molecule has 1 aliphatic rings. The first-order chi connectivity index (χ1) is 8.98. The van der Waals surface area contributed by atoms with Crippen molar-refractivity contribution >= 4 is 11.6 Å². The molecule has 3 heteroatoms. The van der Waals surface area contributed by atoms with Crippen molar-refractivity contribution in [2.75, 3.05) is 18.5 Å². The van der Waals surface area contributed by atoms with E-state index in [0.717, 1.165) is 24.9 Å². The Morgan fingerprint density at radius 3 is 2.32 bits per heavy atom. The lowest BCUT2D eigenvalue weighted by atomic mass is 10.0. The lowest BCUT2D eigenvalue weighted by Gasteiger charge is -2.23. The maximum atomic E-state index is 12.4. The topological polar surface area (TPSA) is 46.3 Å². The highest BCUT2D eigenvalue weighted by Gasteiger charge is 2.50. The van der Waals surface area contributed by atoms with Crippen molar-refractivity contribution in [2.45, 2.75) is 33.1 Å². The second-order valence-electron chi connectivity index (χ2n) is 6.11. The molecule has 0 saturated heterocycles. The summed E-state index contributed by atoms with van der Waals surface area (Å²) >= 11 is 0. The zero-order valence-corrected chi connectivity index (χ0v) is 12.1. The van der Waals surface area contributed by atoms with Gasteiger partial charge in [0.1, 0.15) is 0 Å². The first kappa shape index (κ1) is 14.1. The van der Waals surface area contributed by atoms with Crippen LogP contribution >= 0.6 is 0 Å². The predicted molar refractivity (Wildman–Crippen MR) is 79.1 cm³/mol. The summed E-state index contributed by atoms with van der Waals surface area (Å²) in [6, 6.07) is 8.28. The van der Waals surface area contributed by atoms with Gasteiger partial charge in [-0.1, -0.05) is 26.0 Å². The van der Waals surface area contributed by atoms with Crippen LogP contribution in [0.3, 0.4) is 0 Å². The highest BCUT2D eigenvalue weighted by atomic mass is 16.2. The normalized spacial score (nSPS) is 16.5. The van der Waals surface area contributed by atoms with Gasteiger partial charge in [0.2, 0.25) is 5.91 Å². The van der Waals surface area contributed by atoms with Gasteiger partial charge < -0.3 is 10.6 Å². The smallest absolute Gasteiger partial charge is 0.234 e. The molecule has 2 N–H and O–H groups in total. The average Bonchev–Trinajstić information content (AvgIpc) is 3.18. The SMILES string of the molecule is CC(C)Cc1ccc(N(C)C(=O)C2(CN)CC2)cc1. The van der Waals surface area contributed by atoms with Crippen LogP contribution in [0.4, 0.5) is 5.69 Å². The second-order valence-corrected chi connectivity index (χ2v) is 6.11. The molecule has 104 valence electrons. The van der Waals surface area contributed by atoms with E-state index in [4.69, 9.17) is 5.73 Å². The fraction of sp³-hybridized carbons (Fsp3) is 0.562. The monoisotopic (exact) mass is 260 g/mol. The van der Waals surface area contributed by atoms with Crippen LogP contribution < -0.4 is 10.6 Å². The summed E-state index contributed by atoms with van der Waals surface area (Å²) < 4.78 is 0. The molecular formula is C16H24N2O. The molecule has 0 aromatic heterocycles. The maximum Gasteiger partial charge on any atom is 0.234 e. The highest BCUT2D eigenvalue weighted by Crippen LogP contribution is 2.46. The number of hydrogen-bond donors (Lipinski definition) is 1. The van der Waals surface area contributed by atoms with Crippen LogP contribution in [0, 0.1) is 11.3 Å². The standard InChI is InChI=1S/C16H24N2O/c1-12(2)10-13-4-6-14(7-5-13)18(3)15(19)16(11-17)8-9-16/h4-7,12H,8-11,17H2,1-3H3. The minimum absolute atomic E-state index is 0.159. The molecule has 2 rings (SSSR count). The number of benzene rings is 1. The van der Waals surface area contributed by atoms with Crippen molar-refractivity contribution in [3.8, 4) is 0 Å². The maximum absolute atomic E-state index is 12.4. The van der Waals surface area contributed by atoms with E-state index in [9.17, 15) is 4.79 Å². The van der Waals surface area contributed by atoms with Crippen LogP contribution in [-0.2, 0) is 11.2 Å². The zero-order chi connectivity index (χ0) is 14.0. The predicted octanol–water partition coefficient (Wildman–Crippen LogP) is 2.59. The van der Waals surface area contributed by atoms with Crippen molar-refractivity contribution < 1.29 is 4.79 Å². The van der Waals surface area contributed by atoms with Gasteiger partial charge >= 0.3 is 0 Å². The van der Waals surface area contributed by atoms with Crippen LogP contribution in [0.15, 0.2) is 24.3 Å². The molecule has 1 amide bonds. The van der Waals surface area contributed by atoms with Gasteiger partial charge in [-0.05, 0) is 42.9 Å². The fourth-order valence-electron chi connectivity index (χ4n) is 2.46. The van der Waals surface area contributed by atoms with Gasteiger partial charge in [-0.2, -0.15) is 0 Å². The molecule has 0 atom stereocenters. The van der Waals surface area contributed by atoms with E-state index in [1.54, 1.807) is 4.90 Å². The Morgan fingerprint density at radius 2 is 1.89 bits per heavy atom. The second kappa shape index (κ2) is 5.33. The summed E-state index contributed by atoms with van der Waals surface area (Å²) in [5.74, 6) is 0.809. The van der Waals surface area contributed by atoms with Gasteiger partial charge in [-0.3, -0.25) is 4.79 Å². The van der Waals surface area contributed by atoms with E-state index >= 15 is 0 Å². The van der Waals surface area contributed by atoms with Gasteiger partial charge in [0.05, 0.1) is 5.41 Å². The minimum Gasteiger partial charge on any atom is -0.329 e. The highest BCUT2D eigenvalue weighted by molar-refractivity contribution is 5.99. The van der Waals surface area contributed by atoms with E-state index < -0.39 is 0 Å². The third-order valence-corrected chi connectivity index (χ3v) is 3.97. The summed E-state index contributed by atoms with van der Waals surface area (Å²) in [6.07, 6.45) is 2.93. The Kier molecular flexibility index (Phi) is 3.95. The zero-order valence-electron chi connectivity index (χ0n) is 12.1. The Hall–Kier alpha value is -1.35. The van der Waals surface area contributed by atoms with Crippen LogP contribution in [0.5, 0.6) is 0 Å².